The summed E-state index contributed by atoms with van der Waals surface area (Å²) in [7, 11) is 0. The minimum Gasteiger partial charge on any atom is -0.368 e. The fourth-order valence-corrected chi connectivity index (χ4v) is 2.80. The van der Waals surface area contributed by atoms with Gasteiger partial charge in [-0.3, -0.25) is 4.79 Å². The molecule has 1 amide bonds. The SMILES string of the molecule is O=C(/C=C/c1ccccc1)N1CCN(c2ccc(Cl)cc2)CC1. The molecule has 0 aromatic heterocycles. The lowest BCUT2D eigenvalue weighted by molar-refractivity contribution is -0.126. The van der Waals surface area contributed by atoms with Crippen molar-refractivity contribution < 1.29 is 4.79 Å². The van der Waals surface area contributed by atoms with Gasteiger partial charge in [-0.05, 0) is 35.9 Å². The van der Waals surface area contributed by atoms with Gasteiger partial charge in [-0.25, -0.2) is 0 Å². The van der Waals surface area contributed by atoms with E-state index in [4.69, 9.17) is 11.6 Å². The van der Waals surface area contributed by atoms with E-state index >= 15 is 0 Å². The molecule has 1 aliphatic rings. The fraction of sp³-hybridized carbons (Fsp3) is 0.211. The Kier molecular flexibility index (Phi) is 4.99. The first-order valence-corrected chi connectivity index (χ1v) is 8.13. The van der Waals surface area contributed by atoms with Crippen molar-refractivity contribution in [3.05, 3.63) is 71.3 Å². The van der Waals surface area contributed by atoms with Crippen LogP contribution >= 0.6 is 11.6 Å². The molecule has 2 aromatic carbocycles. The van der Waals surface area contributed by atoms with Gasteiger partial charge in [0.15, 0.2) is 0 Å². The molecule has 2 aromatic rings. The van der Waals surface area contributed by atoms with Gasteiger partial charge in [-0.1, -0.05) is 41.9 Å². The molecule has 0 bridgehead atoms. The fourth-order valence-electron chi connectivity index (χ4n) is 2.67. The molecule has 1 saturated heterocycles. The Morgan fingerprint density at radius 1 is 0.913 bits per heavy atom. The van der Waals surface area contributed by atoms with Crippen molar-refractivity contribution in [2.24, 2.45) is 0 Å². The quantitative estimate of drug-likeness (QED) is 0.803. The number of nitrogens with zero attached hydrogens (tertiary/aromatic N) is 2. The van der Waals surface area contributed by atoms with Gasteiger partial charge in [-0.15, -0.1) is 0 Å². The van der Waals surface area contributed by atoms with Crippen molar-refractivity contribution in [1.29, 1.82) is 0 Å². The van der Waals surface area contributed by atoms with Crippen LogP contribution in [0.25, 0.3) is 6.08 Å². The van der Waals surface area contributed by atoms with Gasteiger partial charge in [0, 0.05) is 43.0 Å². The molecule has 118 valence electrons. The molecule has 3 nitrogen and oxygen atoms in total. The Balaban J connectivity index is 1.55. The summed E-state index contributed by atoms with van der Waals surface area (Å²) in [5.74, 6) is 0.0737. The van der Waals surface area contributed by atoms with Crippen molar-refractivity contribution in [2.45, 2.75) is 0 Å². The van der Waals surface area contributed by atoms with E-state index in [-0.39, 0.29) is 5.91 Å². The second-order valence-corrected chi connectivity index (χ2v) is 5.97. The maximum atomic E-state index is 12.3. The molecular formula is C19H19ClN2O. The zero-order chi connectivity index (χ0) is 16.1. The summed E-state index contributed by atoms with van der Waals surface area (Å²) in [6.07, 6.45) is 3.53. The Morgan fingerprint density at radius 2 is 1.57 bits per heavy atom. The molecule has 1 fully saturated rings. The predicted octanol–water partition coefficient (Wildman–Crippen LogP) is 3.70. The standard InChI is InChI=1S/C19H19ClN2O/c20-17-7-9-18(10-8-17)21-12-14-22(15-13-21)19(23)11-6-16-4-2-1-3-5-16/h1-11H,12-15H2/b11-6+. The van der Waals surface area contributed by atoms with E-state index in [9.17, 15) is 4.79 Å². The molecule has 0 atom stereocenters. The first-order valence-electron chi connectivity index (χ1n) is 7.75. The number of halogens is 1. The van der Waals surface area contributed by atoms with E-state index in [1.165, 1.54) is 0 Å². The maximum absolute atomic E-state index is 12.3. The van der Waals surface area contributed by atoms with Gasteiger partial charge in [0.05, 0.1) is 0 Å². The van der Waals surface area contributed by atoms with Crippen LogP contribution in [0.15, 0.2) is 60.7 Å². The van der Waals surface area contributed by atoms with E-state index in [0.717, 1.165) is 42.5 Å². The van der Waals surface area contributed by atoms with Crippen molar-refractivity contribution in [1.82, 2.24) is 4.90 Å². The van der Waals surface area contributed by atoms with E-state index in [0.29, 0.717) is 0 Å². The Bertz CT molecular complexity index is 674. The first-order chi connectivity index (χ1) is 11.2. The minimum absolute atomic E-state index is 0.0737. The van der Waals surface area contributed by atoms with Crippen molar-refractivity contribution >= 4 is 29.3 Å². The predicted molar refractivity (Wildman–Crippen MR) is 95.7 cm³/mol. The number of hydrogen-bond donors (Lipinski definition) is 0. The van der Waals surface area contributed by atoms with Crippen LogP contribution in [0.5, 0.6) is 0 Å². The largest absolute Gasteiger partial charge is 0.368 e. The highest BCUT2D eigenvalue weighted by Crippen LogP contribution is 2.19. The zero-order valence-electron chi connectivity index (χ0n) is 12.9. The third kappa shape index (κ3) is 4.14. The van der Waals surface area contributed by atoms with Crippen LogP contribution < -0.4 is 4.90 Å². The number of piperazine rings is 1. The number of amides is 1. The summed E-state index contributed by atoms with van der Waals surface area (Å²) >= 11 is 5.92. The number of carbonyl (C=O) groups is 1. The number of carbonyl (C=O) groups excluding carboxylic acids is 1. The zero-order valence-corrected chi connectivity index (χ0v) is 13.6. The van der Waals surface area contributed by atoms with Crippen LogP contribution in [0.3, 0.4) is 0 Å². The molecule has 1 aliphatic heterocycles. The highest BCUT2D eigenvalue weighted by atomic mass is 35.5. The molecular weight excluding hydrogens is 308 g/mol. The van der Waals surface area contributed by atoms with Gasteiger partial charge < -0.3 is 9.80 Å². The second kappa shape index (κ2) is 7.34. The van der Waals surface area contributed by atoms with Gasteiger partial charge in [0.2, 0.25) is 5.91 Å². The average Bonchev–Trinajstić information content (AvgIpc) is 2.61. The molecule has 1 heterocycles. The Morgan fingerprint density at radius 3 is 2.22 bits per heavy atom. The molecule has 0 radical (unpaired) electrons. The number of anilines is 1. The van der Waals surface area contributed by atoms with E-state index in [1.54, 1.807) is 6.08 Å². The third-order valence-corrected chi connectivity index (χ3v) is 4.25. The van der Waals surface area contributed by atoms with Gasteiger partial charge in [0.1, 0.15) is 0 Å². The molecule has 3 rings (SSSR count). The molecule has 0 spiro atoms. The summed E-state index contributed by atoms with van der Waals surface area (Å²) in [6, 6.07) is 17.7. The van der Waals surface area contributed by atoms with Crippen LogP contribution in [-0.4, -0.2) is 37.0 Å². The molecule has 0 unspecified atom stereocenters. The smallest absolute Gasteiger partial charge is 0.246 e. The Labute approximate surface area is 141 Å². The van der Waals surface area contributed by atoms with Crippen LogP contribution in [0.2, 0.25) is 5.02 Å². The molecule has 0 aliphatic carbocycles. The lowest BCUT2D eigenvalue weighted by Crippen LogP contribution is -2.48. The van der Waals surface area contributed by atoms with E-state index in [1.807, 2.05) is 65.6 Å². The number of benzene rings is 2. The first kappa shape index (κ1) is 15.6. The summed E-state index contributed by atoms with van der Waals surface area (Å²) in [5, 5.41) is 0.744. The van der Waals surface area contributed by atoms with E-state index < -0.39 is 0 Å². The van der Waals surface area contributed by atoms with Crippen molar-refractivity contribution in [2.75, 3.05) is 31.1 Å². The monoisotopic (exact) mass is 326 g/mol. The normalized spacial score (nSPS) is 15.2. The Hall–Kier alpha value is -2.26. The lowest BCUT2D eigenvalue weighted by atomic mass is 10.2. The summed E-state index contributed by atoms with van der Waals surface area (Å²) in [5.41, 5.74) is 2.20. The van der Waals surface area contributed by atoms with Gasteiger partial charge >= 0.3 is 0 Å². The average molecular weight is 327 g/mol. The topological polar surface area (TPSA) is 23.6 Å². The number of hydrogen-bond acceptors (Lipinski definition) is 2. The highest BCUT2D eigenvalue weighted by molar-refractivity contribution is 6.30. The molecule has 4 heteroatoms. The maximum Gasteiger partial charge on any atom is 0.246 e. The molecule has 23 heavy (non-hydrogen) atoms. The van der Waals surface area contributed by atoms with Crippen molar-refractivity contribution in [3.8, 4) is 0 Å². The van der Waals surface area contributed by atoms with Crippen molar-refractivity contribution in [3.63, 3.8) is 0 Å². The summed E-state index contributed by atoms with van der Waals surface area (Å²) in [6.45, 7) is 3.15. The summed E-state index contributed by atoms with van der Waals surface area (Å²) in [4.78, 5) is 16.4. The van der Waals surface area contributed by atoms with Gasteiger partial charge in [0.25, 0.3) is 0 Å². The van der Waals surface area contributed by atoms with Crippen LogP contribution in [0.4, 0.5) is 5.69 Å². The molecule has 0 N–H and O–H groups in total. The third-order valence-electron chi connectivity index (χ3n) is 4.00. The second-order valence-electron chi connectivity index (χ2n) is 5.53. The molecule has 0 saturated carbocycles. The highest BCUT2D eigenvalue weighted by Gasteiger charge is 2.19. The van der Waals surface area contributed by atoms with Crippen LogP contribution in [0, 0.1) is 0 Å². The minimum atomic E-state index is 0.0737. The lowest BCUT2D eigenvalue weighted by Gasteiger charge is -2.35. The van der Waals surface area contributed by atoms with Gasteiger partial charge in [-0.2, -0.15) is 0 Å². The van der Waals surface area contributed by atoms with E-state index in [2.05, 4.69) is 4.90 Å². The summed E-state index contributed by atoms with van der Waals surface area (Å²) < 4.78 is 0. The van der Waals surface area contributed by atoms with Crippen LogP contribution in [-0.2, 0) is 4.79 Å². The van der Waals surface area contributed by atoms with Crippen LogP contribution in [0.1, 0.15) is 5.56 Å². The number of rotatable bonds is 3.